The largest absolute Gasteiger partial charge is 0.343 e. The van der Waals surface area contributed by atoms with Crippen LogP contribution < -0.4 is 10.0 Å². The predicted octanol–water partition coefficient (Wildman–Crippen LogP) is 3.47. The van der Waals surface area contributed by atoms with E-state index in [1.165, 1.54) is 23.9 Å². The summed E-state index contributed by atoms with van der Waals surface area (Å²) >= 11 is 1.46. The summed E-state index contributed by atoms with van der Waals surface area (Å²) in [5.74, 6) is -0.211. The van der Waals surface area contributed by atoms with E-state index in [1.54, 1.807) is 18.2 Å². The molecule has 164 valence electrons. The molecular weight excluding hydrogens is 434 g/mol. The van der Waals surface area contributed by atoms with Crippen molar-refractivity contribution in [3.8, 4) is 0 Å². The zero-order valence-electron chi connectivity index (χ0n) is 17.3. The average molecular weight is 460 g/mol. The van der Waals surface area contributed by atoms with Gasteiger partial charge in [-0.2, -0.15) is 0 Å². The van der Waals surface area contributed by atoms with Crippen molar-refractivity contribution in [2.45, 2.75) is 36.0 Å². The van der Waals surface area contributed by atoms with Crippen molar-refractivity contribution < 1.29 is 18.0 Å². The topological polar surface area (TPSA) is 95.6 Å². The monoisotopic (exact) mass is 459 g/mol. The highest BCUT2D eigenvalue weighted by molar-refractivity contribution is 7.99. The van der Waals surface area contributed by atoms with Gasteiger partial charge >= 0.3 is 0 Å². The Bertz CT molecular complexity index is 1110. The first-order valence-electron chi connectivity index (χ1n) is 10.3. The number of aryl methyl sites for hydroxylation is 1. The molecule has 4 rings (SSSR count). The second-order valence-corrected chi connectivity index (χ2v) is 10.6. The van der Waals surface area contributed by atoms with Gasteiger partial charge in [0.25, 0.3) is 10.0 Å². The van der Waals surface area contributed by atoms with Crippen molar-refractivity contribution >= 4 is 45.0 Å². The van der Waals surface area contributed by atoms with Crippen LogP contribution in [0.1, 0.15) is 24.8 Å². The first kappa shape index (κ1) is 21.7. The number of rotatable bonds is 5. The van der Waals surface area contributed by atoms with Crippen LogP contribution in [-0.2, 0) is 19.6 Å². The Morgan fingerprint density at radius 2 is 1.94 bits per heavy atom. The van der Waals surface area contributed by atoms with Crippen LogP contribution in [0.3, 0.4) is 0 Å². The molecule has 2 aromatic rings. The molecule has 0 radical (unpaired) electrons. The summed E-state index contributed by atoms with van der Waals surface area (Å²) in [6.07, 6.45) is 2.19. The van der Waals surface area contributed by atoms with E-state index in [1.807, 2.05) is 24.0 Å². The Kier molecular flexibility index (Phi) is 6.24. The maximum atomic E-state index is 12.9. The summed E-state index contributed by atoms with van der Waals surface area (Å²) in [7, 11) is -3.81. The number of anilines is 2. The Labute approximate surface area is 186 Å². The van der Waals surface area contributed by atoms with Gasteiger partial charge in [-0.15, -0.1) is 11.8 Å². The third-order valence-corrected chi connectivity index (χ3v) is 8.20. The van der Waals surface area contributed by atoms with Gasteiger partial charge in [-0.05, 0) is 49.6 Å². The first-order valence-corrected chi connectivity index (χ1v) is 12.7. The standard InChI is InChI=1S/C22H25N3O4S2/c1-15-6-2-3-7-18(15)24-31(28,29)17-8-9-20-19(13-17)23-22(27)16(14-30-20)12-21(26)25-10-4-5-11-25/h2-3,6-9,13,16,24H,4-5,10-12,14H2,1H3,(H,23,27)/t16-/m0/s1. The van der Waals surface area contributed by atoms with Gasteiger partial charge in [-0.1, -0.05) is 18.2 Å². The molecule has 2 amide bonds. The Morgan fingerprint density at radius 1 is 1.19 bits per heavy atom. The third kappa shape index (κ3) is 4.88. The van der Waals surface area contributed by atoms with E-state index >= 15 is 0 Å². The van der Waals surface area contributed by atoms with Gasteiger partial charge in [0.05, 0.1) is 22.2 Å². The predicted molar refractivity (Wildman–Crippen MR) is 122 cm³/mol. The Hall–Kier alpha value is -2.52. The second-order valence-electron chi connectivity index (χ2n) is 7.87. The molecule has 0 saturated carbocycles. The van der Waals surface area contributed by atoms with Crippen molar-refractivity contribution in [1.82, 2.24) is 4.90 Å². The van der Waals surface area contributed by atoms with Gasteiger partial charge in [0.2, 0.25) is 11.8 Å². The summed E-state index contributed by atoms with van der Waals surface area (Å²) in [6, 6.07) is 11.9. The molecule has 1 fully saturated rings. The average Bonchev–Trinajstić information content (AvgIpc) is 3.23. The molecule has 2 N–H and O–H groups in total. The maximum absolute atomic E-state index is 12.9. The SMILES string of the molecule is Cc1ccccc1NS(=O)(=O)c1ccc2c(c1)NC(=O)[C@@H](CC(=O)N1CCCC1)CS2. The molecule has 31 heavy (non-hydrogen) atoms. The number of thioether (sulfide) groups is 1. The third-order valence-electron chi connectivity index (χ3n) is 5.60. The molecule has 0 aromatic heterocycles. The van der Waals surface area contributed by atoms with Gasteiger partial charge in [0.1, 0.15) is 0 Å². The second kappa shape index (κ2) is 8.92. The van der Waals surface area contributed by atoms with Crippen LogP contribution in [0.5, 0.6) is 0 Å². The lowest BCUT2D eigenvalue weighted by molar-refractivity contribution is -0.133. The number of sulfonamides is 1. The smallest absolute Gasteiger partial charge is 0.261 e. The molecule has 1 atom stereocenters. The van der Waals surface area contributed by atoms with Crippen LogP contribution in [0.2, 0.25) is 0 Å². The number of carbonyl (C=O) groups is 2. The van der Waals surface area contributed by atoms with Crippen LogP contribution in [0.25, 0.3) is 0 Å². The number of para-hydroxylation sites is 1. The lowest BCUT2D eigenvalue weighted by Crippen LogP contribution is -2.33. The van der Waals surface area contributed by atoms with Gasteiger partial charge in [-0.3, -0.25) is 14.3 Å². The number of nitrogens with zero attached hydrogens (tertiary/aromatic N) is 1. The minimum absolute atomic E-state index is 0.00917. The Balaban J connectivity index is 1.50. The highest BCUT2D eigenvalue weighted by Crippen LogP contribution is 2.35. The molecule has 0 bridgehead atoms. The lowest BCUT2D eigenvalue weighted by atomic mass is 10.1. The molecule has 0 unspecified atom stereocenters. The molecule has 2 heterocycles. The fourth-order valence-electron chi connectivity index (χ4n) is 3.75. The number of hydrogen-bond donors (Lipinski definition) is 2. The molecule has 2 aromatic carbocycles. The van der Waals surface area contributed by atoms with E-state index in [4.69, 9.17) is 0 Å². The molecule has 1 saturated heterocycles. The number of hydrogen-bond acceptors (Lipinski definition) is 5. The zero-order valence-corrected chi connectivity index (χ0v) is 18.9. The van der Waals surface area contributed by atoms with E-state index in [0.29, 0.717) is 17.1 Å². The minimum Gasteiger partial charge on any atom is -0.343 e. The quantitative estimate of drug-likeness (QED) is 0.714. The van der Waals surface area contributed by atoms with Crippen LogP contribution >= 0.6 is 11.8 Å². The van der Waals surface area contributed by atoms with Gasteiger partial charge < -0.3 is 10.2 Å². The summed E-state index contributed by atoms with van der Waals surface area (Å²) in [4.78, 5) is 27.9. The van der Waals surface area contributed by atoms with Crippen molar-refractivity contribution in [3.05, 3.63) is 48.0 Å². The molecular formula is C22H25N3O4S2. The van der Waals surface area contributed by atoms with Gasteiger partial charge in [0, 0.05) is 30.2 Å². The van der Waals surface area contributed by atoms with Crippen molar-refractivity contribution in [1.29, 1.82) is 0 Å². The van der Waals surface area contributed by atoms with E-state index in [0.717, 1.165) is 36.4 Å². The summed E-state index contributed by atoms with van der Waals surface area (Å²) in [5, 5.41) is 2.83. The Morgan fingerprint density at radius 3 is 2.68 bits per heavy atom. The number of amides is 2. The van der Waals surface area contributed by atoms with Crippen molar-refractivity contribution in [2.24, 2.45) is 5.92 Å². The lowest BCUT2D eigenvalue weighted by Gasteiger charge is -2.18. The molecule has 2 aliphatic heterocycles. The molecule has 0 aliphatic carbocycles. The normalized spacial score (nSPS) is 18.8. The van der Waals surface area contributed by atoms with Crippen LogP contribution in [0.4, 0.5) is 11.4 Å². The van der Waals surface area contributed by atoms with Crippen molar-refractivity contribution in [2.75, 3.05) is 28.9 Å². The van der Waals surface area contributed by atoms with E-state index in [-0.39, 0.29) is 23.1 Å². The highest BCUT2D eigenvalue weighted by Gasteiger charge is 2.30. The number of nitrogens with one attached hydrogen (secondary N) is 2. The van der Waals surface area contributed by atoms with Crippen molar-refractivity contribution in [3.63, 3.8) is 0 Å². The van der Waals surface area contributed by atoms with Crippen LogP contribution in [0, 0.1) is 12.8 Å². The fraction of sp³-hybridized carbons (Fsp3) is 0.364. The zero-order chi connectivity index (χ0) is 22.0. The molecule has 2 aliphatic rings. The van der Waals surface area contributed by atoms with E-state index in [2.05, 4.69) is 10.0 Å². The fourth-order valence-corrected chi connectivity index (χ4v) is 5.99. The summed E-state index contributed by atoms with van der Waals surface area (Å²) in [6.45, 7) is 3.35. The van der Waals surface area contributed by atoms with Crippen LogP contribution in [0.15, 0.2) is 52.3 Å². The summed E-state index contributed by atoms with van der Waals surface area (Å²) < 4.78 is 28.4. The first-order chi connectivity index (χ1) is 14.8. The van der Waals surface area contributed by atoms with Crippen LogP contribution in [-0.4, -0.2) is 44.0 Å². The number of carbonyl (C=O) groups excluding carboxylic acids is 2. The summed E-state index contributed by atoms with van der Waals surface area (Å²) in [5.41, 5.74) is 1.78. The molecule has 9 heteroatoms. The minimum atomic E-state index is -3.81. The number of likely N-dealkylation sites (tertiary alicyclic amines) is 1. The van der Waals surface area contributed by atoms with Gasteiger partial charge in [-0.25, -0.2) is 8.42 Å². The highest BCUT2D eigenvalue weighted by atomic mass is 32.2. The molecule has 7 nitrogen and oxygen atoms in total. The van der Waals surface area contributed by atoms with E-state index in [9.17, 15) is 18.0 Å². The van der Waals surface area contributed by atoms with Gasteiger partial charge in [0.15, 0.2) is 0 Å². The number of fused-ring (bicyclic) bond motifs is 1. The number of benzene rings is 2. The maximum Gasteiger partial charge on any atom is 0.261 e. The molecule has 0 spiro atoms. The van der Waals surface area contributed by atoms with E-state index < -0.39 is 15.9 Å².